The zero-order valence-corrected chi connectivity index (χ0v) is 22.1. The van der Waals surface area contributed by atoms with Crippen LogP contribution in [-0.4, -0.2) is 23.5 Å². The average Bonchev–Trinajstić information content (AvgIpc) is 3.35. The van der Waals surface area contributed by atoms with Crippen LogP contribution < -0.4 is 10.3 Å². The number of anilines is 1. The highest BCUT2D eigenvalue weighted by Gasteiger charge is 2.45. The first kappa shape index (κ1) is 24.5. The lowest BCUT2D eigenvalue weighted by molar-refractivity contribution is 0.0531. The minimum atomic E-state index is -0.884. The lowest BCUT2D eigenvalue weighted by Gasteiger charge is -2.22. The van der Waals surface area contributed by atoms with E-state index in [0.717, 1.165) is 22.5 Å². The van der Waals surface area contributed by atoms with Gasteiger partial charge in [-0.3, -0.25) is 14.5 Å². The van der Waals surface area contributed by atoms with E-state index >= 15 is 0 Å². The number of ether oxygens (including phenoxy) is 1. The van der Waals surface area contributed by atoms with E-state index in [1.807, 2.05) is 13.8 Å². The van der Waals surface area contributed by atoms with Gasteiger partial charge in [0.25, 0.3) is 5.91 Å². The van der Waals surface area contributed by atoms with Crippen molar-refractivity contribution in [2.24, 2.45) is 0 Å². The van der Waals surface area contributed by atoms with Gasteiger partial charge in [0.15, 0.2) is 10.6 Å². The number of thiazole rings is 1. The Morgan fingerprint density at radius 2 is 1.83 bits per heavy atom. The first-order valence-corrected chi connectivity index (χ1v) is 12.7. The number of aromatic nitrogens is 1. The molecule has 0 radical (unpaired) electrons. The molecule has 5 rings (SSSR count). The van der Waals surface area contributed by atoms with E-state index in [2.05, 4.69) is 4.98 Å². The maximum absolute atomic E-state index is 13.8. The maximum atomic E-state index is 13.8. The minimum Gasteiger partial charge on any atom is -0.462 e. The van der Waals surface area contributed by atoms with Gasteiger partial charge in [-0.1, -0.05) is 40.6 Å². The number of esters is 1. The Hall–Kier alpha value is -3.20. The second-order valence-corrected chi connectivity index (χ2v) is 10.3. The van der Waals surface area contributed by atoms with Crippen molar-refractivity contribution in [1.82, 2.24) is 4.98 Å². The van der Waals surface area contributed by atoms with Gasteiger partial charge in [0.2, 0.25) is 5.76 Å². The van der Waals surface area contributed by atoms with Crippen LogP contribution in [0.3, 0.4) is 0 Å². The number of carbonyl (C=O) groups excluding carboxylic acids is 2. The smallest absolute Gasteiger partial charge is 0.350 e. The van der Waals surface area contributed by atoms with Crippen LogP contribution in [0.25, 0.3) is 11.0 Å². The molecule has 2 aromatic heterocycles. The molecule has 36 heavy (non-hydrogen) atoms. The van der Waals surface area contributed by atoms with E-state index in [9.17, 15) is 14.4 Å². The molecule has 4 aromatic rings. The molecule has 3 heterocycles. The summed E-state index contributed by atoms with van der Waals surface area (Å²) in [4.78, 5) is 46.2. The summed E-state index contributed by atoms with van der Waals surface area (Å²) >= 11 is 13.5. The van der Waals surface area contributed by atoms with E-state index in [4.69, 9.17) is 32.4 Å². The normalized spacial score (nSPS) is 15.0. The summed E-state index contributed by atoms with van der Waals surface area (Å²) in [5.41, 5.74) is 3.02. The van der Waals surface area contributed by atoms with Gasteiger partial charge in [-0.25, -0.2) is 9.78 Å². The Balaban J connectivity index is 1.78. The Labute approximate surface area is 220 Å². The van der Waals surface area contributed by atoms with E-state index in [0.29, 0.717) is 27.2 Å². The molecular formula is C26H20Cl2N2O5S. The summed E-state index contributed by atoms with van der Waals surface area (Å²) in [7, 11) is 0. The van der Waals surface area contributed by atoms with Gasteiger partial charge < -0.3 is 9.15 Å². The quantitative estimate of drug-likeness (QED) is 0.277. The second kappa shape index (κ2) is 9.03. The van der Waals surface area contributed by atoms with Crippen molar-refractivity contribution in [2.75, 3.05) is 11.5 Å². The summed E-state index contributed by atoms with van der Waals surface area (Å²) < 4.78 is 11.2. The van der Waals surface area contributed by atoms with Crippen LogP contribution in [0.1, 0.15) is 61.1 Å². The maximum Gasteiger partial charge on any atom is 0.350 e. The van der Waals surface area contributed by atoms with Crippen molar-refractivity contribution in [2.45, 2.75) is 33.7 Å². The van der Waals surface area contributed by atoms with Crippen LogP contribution in [0.2, 0.25) is 10.0 Å². The predicted octanol–water partition coefficient (Wildman–Crippen LogP) is 6.41. The molecule has 0 N–H and O–H groups in total. The van der Waals surface area contributed by atoms with E-state index < -0.39 is 17.9 Å². The van der Waals surface area contributed by atoms with E-state index in [1.54, 1.807) is 44.2 Å². The highest BCUT2D eigenvalue weighted by Crippen LogP contribution is 2.44. The second-order valence-electron chi connectivity index (χ2n) is 8.49. The monoisotopic (exact) mass is 542 g/mol. The predicted molar refractivity (Wildman–Crippen MR) is 140 cm³/mol. The molecule has 1 aliphatic rings. The number of aryl methyl sites for hydroxylation is 3. The fourth-order valence-corrected chi connectivity index (χ4v) is 5.59. The van der Waals surface area contributed by atoms with Crippen molar-refractivity contribution in [3.8, 4) is 0 Å². The van der Waals surface area contributed by atoms with Gasteiger partial charge in [0.05, 0.1) is 39.3 Å². The fourth-order valence-electron chi connectivity index (χ4n) is 4.29. The van der Waals surface area contributed by atoms with E-state index in [-0.39, 0.29) is 38.4 Å². The topological polar surface area (TPSA) is 89.7 Å². The summed E-state index contributed by atoms with van der Waals surface area (Å²) in [5, 5.41) is 1.22. The molecule has 0 saturated heterocycles. The summed E-state index contributed by atoms with van der Waals surface area (Å²) in [6.45, 7) is 7.39. The lowest BCUT2D eigenvalue weighted by atomic mass is 9.97. The molecule has 184 valence electrons. The molecule has 10 heteroatoms. The molecule has 7 nitrogen and oxygen atoms in total. The number of hydrogen-bond donors (Lipinski definition) is 0. The summed E-state index contributed by atoms with van der Waals surface area (Å²) in [6.07, 6.45) is 0. The Kier molecular flexibility index (Phi) is 6.14. The van der Waals surface area contributed by atoms with Crippen LogP contribution in [0.5, 0.6) is 0 Å². The number of hydrogen-bond acceptors (Lipinski definition) is 7. The van der Waals surface area contributed by atoms with Crippen molar-refractivity contribution in [3.63, 3.8) is 0 Å². The van der Waals surface area contributed by atoms with Gasteiger partial charge in [-0.05, 0) is 68.7 Å². The number of amides is 1. The van der Waals surface area contributed by atoms with Crippen LogP contribution in [-0.2, 0) is 4.74 Å². The first-order valence-electron chi connectivity index (χ1n) is 11.1. The third-order valence-electron chi connectivity index (χ3n) is 6.20. The molecule has 2 aromatic carbocycles. The minimum absolute atomic E-state index is 0.0719. The van der Waals surface area contributed by atoms with Crippen molar-refractivity contribution < 1.29 is 18.7 Å². The number of halogens is 2. The Morgan fingerprint density at radius 3 is 2.53 bits per heavy atom. The number of rotatable bonds is 4. The molecule has 0 aliphatic carbocycles. The summed E-state index contributed by atoms with van der Waals surface area (Å²) in [5.74, 6) is -1.14. The van der Waals surface area contributed by atoms with E-state index in [1.165, 1.54) is 4.90 Å². The molecule has 0 saturated carbocycles. The van der Waals surface area contributed by atoms with Crippen LogP contribution in [0.4, 0.5) is 5.13 Å². The van der Waals surface area contributed by atoms with Crippen molar-refractivity contribution >= 4 is 62.5 Å². The number of fused-ring (bicyclic) bond motifs is 2. The van der Waals surface area contributed by atoms with Crippen molar-refractivity contribution in [1.29, 1.82) is 0 Å². The summed E-state index contributed by atoms with van der Waals surface area (Å²) in [6, 6.07) is 7.55. The Bertz CT molecular complexity index is 1640. The van der Waals surface area contributed by atoms with Crippen LogP contribution in [0.15, 0.2) is 39.5 Å². The van der Waals surface area contributed by atoms with Gasteiger partial charge in [0, 0.05) is 0 Å². The van der Waals surface area contributed by atoms with Gasteiger partial charge in [-0.15, -0.1) is 0 Å². The highest BCUT2D eigenvalue weighted by molar-refractivity contribution is 7.17. The highest BCUT2D eigenvalue weighted by atomic mass is 35.5. The molecule has 0 spiro atoms. The molecule has 0 fully saturated rings. The third-order valence-corrected chi connectivity index (χ3v) is 8.07. The zero-order chi connectivity index (χ0) is 25.9. The van der Waals surface area contributed by atoms with Crippen LogP contribution in [0, 0.1) is 20.8 Å². The molecule has 0 bridgehead atoms. The number of carbonyl (C=O) groups is 2. The van der Waals surface area contributed by atoms with Gasteiger partial charge in [0.1, 0.15) is 10.5 Å². The molecule has 1 atom stereocenters. The number of benzene rings is 2. The molecule has 1 aliphatic heterocycles. The largest absolute Gasteiger partial charge is 0.462 e. The lowest BCUT2D eigenvalue weighted by Crippen LogP contribution is -2.29. The van der Waals surface area contributed by atoms with Crippen LogP contribution >= 0.6 is 34.5 Å². The third kappa shape index (κ3) is 3.80. The van der Waals surface area contributed by atoms with Gasteiger partial charge >= 0.3 is 5.97 Å². The fraction of sp³-hybridized carbons (Fsp3) is 0.231. The standard InChI is InChI=1S/C26H20Cl2N2O5S/c1-5-34-25(33)23-13(4)29-26(36-23)30-20(14-6-7-16(27)17(28)10-14)19-21(31)15-8-11(2)12(3)9-18(15)35-22(19)24(30)32/h6-10,20H,5H2,1-4H3. The first-order chi connectivity index (χ1) is 17.1. The number of nitrogens with zero attached hydrogens (tertiary/aromatic N) is 2. The van der Waals surface area contributed by atoms with Gasteiger partial charge in [-0.2, -0.15) is 0 Å². The SMILES string of the molecule is CCOC(=O)c1sc(N2C(=O)c3oc4cc(C)c(C)cc4c(=O)c3C2c2ccc(Cl)c(Cl)c2)nc1C. The Morgan fingerprint density at radius 1 is 1.11 bits per heavy atom. The average molecular weight is 543 g/mol. The zero-order valence-electron chi connectivity index (χ0n) is 19.8. The molecular weight excluding hydrogens is 523 g/mol. The van der Waals surface area contributed by atoms with Crippen molar-refractivity contribution in [3.05, 3.63) is 89.2 Å². The molecule has 1 amide bonds. The molecule has 1 unspecified atom stereocenters.